The lowest BCUT2D eigenvalue weighted by Crippen LogP contribution is -2.37. The van der Waals surface area contributed by atoms with Gasteiger partial charge in [-0.25, -0.2) is 4.79 Å². The highest BCUT2D eigenvalue weighted by Gasteiger charge is 2.22. The summed E-state index contributed by atoms with van der Waals surface area (Å²) >= 11 is 1.35. The molecule has 2 N–H and O–H groups in total. The molecule has 1 aromatic rings. The minimum absolute atomic E-state index is 0.0880. The molecular formula is C16H21NO3S. The number of thiophene rings is 1. The molecular weight excluding hydrogens is 286 g/mol. The van der Waals surface area contributed by atoms with Crippen LogP contribution in [0.25, 0.3) is 6.08 Å². The number of amides is 1. The molecule has 0 spiro atoms. The molecule has 114 valence electrons. The number of rotatable bonds is 5. The Morgan fingerprint density at radius 2 is 2.10 bits per heavy atom. The van der Waals surface area contributed by atoms with Crippen LogP contribution in [0.2, 0.25) is 0 Å². The van der Waals surface area contributed by atoms with Gasteiger partial charge in [0.2, 0.25) is 0 Å². The molecule has 0 radical (unpaired) electrons. The van der Waals surface area contributed by atoms with E-state index in [4.69, 9.17) is 5.11 Å². The topological polar surface area (TPSA) is 66.4 Å². The molecule has 0 atom stereocenters. The first kappa shape index (κ1) is 15.8. The number of carbonyl (C=O) groups is 2. The van der Waals surface area contributed by atoms with Crippen LogP contribution in [0.5, 0.6) is 0 Å². The predicted molar refractivity (Wildman–Crippen MR) is 84.5 cm³/mol. The molecule has 0 saturated heterocycles. The maximum absolute atomic E-state index is 12.3. The lowest BCUT2D eigenvalue weighted by molar-refractivity contribution is -0.131. The van der Waals surface area contributed by atoms with E-state index < -0.39 is 5.97 Å². The van der Waals surface area contributed by atoms with Crippen molar-refractivity contribution in [2.24, 2.45) is 5.92 Å². The van der Waals surface area contributed by atoms with E-state index in [0.717, 1.165) is 24.8 Å². The van der Waals surface area contributed by atoms with Crippen LogP contribution in [0, 0.1) is 5.92 Å². The molecule has 1 aliphatic carbocycles. The van der Waals surface area contributed by atoms with Crippen molar-refractivity contribution in [2.75, 3.05) is 0 Å². The van der Waals surface area contributed by atoms with Gasteiger partial charge in [-0.3, -0.25) is 4.79 Å². The summed E-state index contributed by atoms with van der Waals surface area (Å²) in [5.41, 5.74) is 0.669. The van der Waals surface area contributed by atoms with Crippen molar-refractivity contribution in [1.82, 2.24) is 5.32 Å². The fourth-order valence-electron chi connectivity index (χ4n) is 2.76. The Hall–Kier alpha value is -1.62. The summed E-state index contributed by atoms with van der Waals surface area (Å²) in [4.78, 5) is 23.5. The zero-order chi connectivity index (χ0) is 15.2. The van der Waals surface area contributed by atoms with E-state index in [1.165, 1.54) is 36.7 Å². The van der Waals surface area contributed by atoms with Crippen LogP contribution < -0.4 is 5.32 Å². The average molecular weight is 307 g/mol. The molecule has 1 fully saturated rings. The van der Waals surface area contributed by atoms with E-state index in [1.807, 2.05) is 5.38 Å². The van der Waals surface area contributed by atoms with E-state index in [1.54, 1.807) is 6.07 Å². The molecule has 1 heterocycles. The Balaban J connectivity index is 1.95. The third kappa shape index (κ3) is 4.43. The van der Waals surface area contributed by atoms with E-state index >= 15 is 0 Å². The SMILES string of the molecule is CCC1CCC(NC(=O)c2sccc2C=CC(=O)O)CC1. The van der Waals surface area contributed by atoms with Crippen molar-refractivity contribution in [3.8, 4) is 0 Å². The monoisotopic (exact) mass is 307 g/mol. The zero-order valence-electron chi connectivity index (χ0n) is 12.2. The number of carboxylic acid groups (broad SMARTS) is 1. The Morgan fingerprint density at radius 1 is 1.38 bits per heavy atom. The third-order valence-electron chi connectivity index (χ3n) is 4.07. The van der Waals surface area contributed by atoms with Crippen LogP contribution in [0.4, 0.5) is 0 Å². The van der Waals surface area contributed by atoms with E-state index in [2.05, 4.69) is 12.2 Å². The van der Waals surface area contributed by atoms with E-state index in [0.29, 0.717) is 10.4 Å². The van der Waals surface area contributed by atoms with Gasteiger partial charge in [0.15, 0.2) is 0 Å². The molecule has 21 heavy (non-hydrogen) atoms. The first-order valence-electron chi connectivity index (χ1n) is 7.39. The molecule has 1 aromatic heterocycles. The van der Waals surface area contributed by atoms with Crippen molar-refractivity contribution in [1.29, 1.82) is 0 Å². The lowest BCUT2D eigenvalue weighted by atomic mass is 9.84. The second kappa shape index (κ2) is 7.41. The van der Waals surface area contributed by atoms with Crippen LogP contribution >= 0.6 is 11.3 Å². The molecule has 2 rings (SSSR count). The molecule has 0 unspecified atom stereocenters. The number of hydrogen-bond acceptors (Lipinski definition) is 3. The number of carbonyl (C=O) groups excluding carboxylic acids is 1. The quantitative estimate of drug-likeness (QED) is 0.818. The first-order valence-corrected chi connectivity index (χ1v) is 8.27. The fourth-order valence-corrected chi connectivity index (χ4v) is 3.55. The van der Waals surface area contributed by atoms with Gasteiger partial charge in [-0.05, 0) is 54.7 Å². The maximum atomic E-state index is 12.3. The summed E-state index contributed by atoms with van der Waals surface area (Å²) in [5.74, 6) is -0.297. The third-order valence-corrected chi connectivity index (χ3v) is 5.00. The van der Waals surface area contributed by atoms with Gasteiger partial charge in [0.1, 0.15) is 0 Å². The molecule has 0 aromatic carbocycles. The second-order valence-electron chi connectivity index (χ2n) is 5.48. The van der Waals surface area contributed by atoms with Crippen molar-refractivity contribution < 1.29 is 14.7 Å². The lowest BCUT2D eigenvalue weighted by Gasteiger charge is -2.28. The Morgan fingerprint density at radius 3 is 2.71 bits per heavy atom. The van der Waals surface area contributed by atoms with Gasteiger partial charge in [-0.2, -0.15) is 0 Å². The summed E-state index contributed by atoms with van der Waals surface area (Å²) in [5, 5.41) is 13.6. The summed E-state index contributed by atoms with van der Waals surface area (Å²) in [7, 11) is 0. The number of aliphatic carboxylic acids is 1. The normalized spacial score (nSPS) is 22.3. The number of carboxylic acids is 1. The van der Waals surface area contributed by atoms with Crippen molar-refractivity contribution in [3.63, 3.8) is 0 Å². The van der Waals surface area contributed by atoms with Gasteiger partial charge in [-0.15, -0.1) is 11.3 Å². The standard InChI is InChI=1S/C16H21NO3S/c1-2-11-3-6-13(7-4-11)17-16(20)15-12(9-10-21-15)5-8-14(18)19/h5,8-11,13H,2-4,6-7H2,1H3,(H,17,20)(H,18,19). The Bertz CT molecular complexity index is 527. The van der Waals surface area contributed by atoms with Crippen LogP contribution in [0.15, 0.2) is 17.5 Å². The highest BCUT2D eigenvalue weighted by molar-refractivity contribution is 7.12. The molecule has 0 bridgehead atoms. The minimum Gasteiger partial charge on any atom is -0.478 e. The molecule has 1 saturated carbocycles. The smallest absolute Gasteiger partial charge is 0.328 e. The molecule has 1 amide bonds. The highest BCUT2D eigenvalue weighted by Crippen LogP contribution is 2.27. The predicted octanol–water partition coefficient (Wildman–Crippen LogP) is 3.54. The maximum Gasteiger partial charge on any atom is 0.328 e. The fraction of sp³-hybridized carbons (Fsp3) is 0.500. The minimum atomic E-state index is -1.01. The second-order valence-corrected chi connectivity index (χ2v) is 6.39. The van der Waals surface area contributed by atoms with Gasteiger partial charge in [-0.1, -0.05) is 13.3 Å². The van der Waals surface area contributed by atoms with E-state index in [9.17, 15) is 9.59 Å². The van der Waals surface area contributed by atoms with Crippen molar-refractivity contribution >= 4 is 29.3 Å². The molecule has 4 nitrogen and oxygen atoms in total. The molecule has 0 aliphatic heterocycles. The Labute approximate surface area is 128 Å². The summed E-state index contributed by atoms with van der Waals surface area (Å²) in [6.07, 6.45) is 8.18. The van der Waals surface area contributed by atoms with Gasteiger partial charge < -0.3 is 10.4 Å². The van der Waals surface area contributed by atoms with Crippen molar-refractivity contribution in [2.45, 2.75) is 45.1 Å². The van der Waals surface area contributed by atoms with Crippen LogP contribution in [0.1, 0.15) is 54.3 Å². The average Bonchev–Trinajstić information content (AvgIpc) is 2.94. The zero-order valence-corrected chi connectivity index (χ0v) is 13.0. The number of hydrogen-bond donors (Lipinski definition) is 2. The largest absolute Gasteiger partial charge is 0.478 e. The first-order chi connectivity index (χ1) is 10.1. The van der Waals surface area contributed by atoms with Crippen LogP contribution in [-0.2, 0) is 4.79 Å². The highest BCUT2D eigenvalue weighted by atomic mass is 32.1. The van der Waals surface area contributed by atoms with Gasteiger partial charge >= 0.3 is 5.97 Å². The summed E-state index contributed by atoms with van der Waals surface area (Å²) in [6.45, 7) is 2.22. The number of nitrogens with one attached hydrogen (secondary N) is 1. The summed E-state index contributed by atoms with van der Waals surface area (Å²) in [6, 6.07) is 2.02. The van der Waals surface area contributed by atoms with Crippen LogP contribution in [-0.4, -0.2) is 23.0 Å². The Kier molecular flexibility index (Phi) is 5.56. The molecule has 5 heteroatoms. The van der Waals surface area contributed by atoms with Gasteiger partial charge in [0, 0.05) is 12.1 Å². The molecule has 1 aliphatic rings. The van der Waals surface area contributed by atoms with Gasteiger partial charge in [0.05, 0.1) is 4.88 Å². The van der Waals surface area contributed by atoms with Gasteiger partial charge in [0.25, 0.3) is 5.91 Å². The van der Waals surface area contributed by atoms with E-state index in [-0.39, 0.29) is 11.9 Å². The van der Waals surface area contributed by atoms with Crippen molar-refractivity contribution in [3.05, 3.63) is 28.0 Å². The summed E-state index contributed by atoms with van der Waals surface area (Å²) < 4.78 is 0. The van der Waals surface area contributed by atoms with Crippen LogP contribution in [0.3, 0.4) is 0 Å².